The fourth-order valence-corrected chi connectivity index (χ4v) is 1.97. The average Bonchev–Trinajstić information content (AvgIpc) is 2.39. The maximum atomic E-state index is 11.6. The van der Waals surface area contributed by atoms with Crippen molar-refractivity contribution < 1.29 is 9.90 Å². The monoisotopic (exact) mass is 277 g/mol. The first-order chi connectivity index (χ1) is 9.04. The number of carbonyl (C=O) groups is 1. The van der Waals surface area contributed by atoms with Crippen molar-refractivity contribution in [2.24, 2.45) is 0 Å². The Morgan fingerprint density at radius 3 is 2.53 bits per heavy atom. The number of halogens is 1. The van der Waals surface area contributed by atoms with Crippen LogP contribution in [0, 0.1) is 0 Å². The molecule has 1 aromatic heterocycles. The summed E-state index contributed by atoms with van der Waals surface area (Å²) in [5.74, 6) is -1.49. The number of aromatic nitrogens is 2. The molecule has 0 fully saturated rings. The van der Waals surface area contributed by atoms with Crippen LogP contribution in [0.3, 0.4) is 0 Å². The van der Waals surface area contributed by atoms with Gasteiger partial charge >= 0.3 is 0 Å². The Morgan fingerprint density at radius 2 is 2.00 bits per heavy atom. The van der Waals surface area contributed by atoms with Gasteiger partial charge in [-0.25, -0.2) is 4.68 Å². The van der Waals surface area contributed by atoms with E-state index in [9.17, 15) is 14.7 Å². The minimum atomic E-state index is -1.49. The molecule has 2 aromatic rings. The molecule has 1 heterocycles. The van der Waals surface area contributed by atoms with Gasteiger partial charge in [0.15, 0.2) is 0 Å². The van der Waals surface area contributed by atoms with Gasteiger partial charge in [0, 0.05) is 5.02 Å². The number of rotatable bonds is 3. The topological polar surface area (TPSA) is 75.0 Å². The minimum absolute atomic E-state index is 0.301. The van der Waals surface area contributed by atoms with Crippen LogP contribution in [0.1, 0.15) is 23.0 Å². The highest BCUT2D eigenvalue weighted by atomic mass is 35.5. The van der Waals surface area contributed by atoms with Gasteiger partial charge in [-0.05, 0) is 30.7 Å². The number of aromatic carboxylic acids is 1. The number of nitrogens with zero attached hydrogens (tertiary/aromatic N) is 2. The van der Waals surface area contributed by atoms with Gasteiger partial charge in [-0.1, -0.05) is 18.5 Å². The van der Waals surface area contributed by atoms with E-state index in [1.807, 2.05) is 0 Å². The van der Waals surface area contributed by atoms with Gasteiger partial charge in [0.1, 0.15) is 0 Å². The van der Waals surface area contributed by atoms with Crippen LogP contribution < -0.4 is 10.5 Å². The van der Waals surface area contributed by atoms with Crippen LogP contribution in [0.25, 0.3) is 5.69 Å². The molecule has 0 aliphatic rings. The van der Waals surface area contributed by atoms with Crippen molar-refractivity contribution in [2.45, 2.75) is 13.3 Å². The Labute approximate surface area is 114 Å². The molecule has 6 heteroatoms. The van der Waals surface area contributed by atoms with Gasteiger partial charge in [-0.2, -0.15) is 5.10 Å². The molecule has 0 amide bonds. The minimum Gasteiger partial charge on any atom is -0.545 e. The molecule has 0 radical (unpaired) electrons. The van der Waals surface area contributed by atoms with Gasteiger partial charge in [0.05, 0.1) is 29.1 Å². The Kier molecular flexibility index (Phi) is 3.66. The van der Waals surface area contributed by atoms with E-state index in [1.54, 1.807) is 31.2 Å². The highest BCUT2D eigenvalue weighted by Crippen LogP contribution is 2.15. The fraction of sp³-hybridized carbons (Fsp3) is 0.154. The summed E-state index contributed by atoms with van der Waals surface area (Å²) in [6.45, 7) is 1.75. The molecule has 0 bridgehead atoms. The van der Waals surface area contributed by atoms with Gasteiger partial charge in [0.2, 0.25) is 5.43 Å². The van der Waals surface area contributed by atoms with Crippen molar-refractivity contribution in [3.63, 3.8) is 0 Å². The smallest absolute Gasteiger partial charge is 0.209 e. The molecule has 0 N–H and O–H groups in total. The molecule has 5 nitrogen and oxygen atoms in total. The predicted octanol–water partition coefficient (Wildman–Crippen LogP) is 0.812. The zero-order valence-electron chi connectivity index (χ0n) is 10.1. The van der Waals surface area contributed by atoms with Crippen LogP contribution in [-0.2, 0) is 6.42 Å². The molecule has 0 saturated carbocycles. The number of benzene rings is 1. The summed E-state index contributed by atoms with van der Waals surface area (Å²) >= 11 is 5.80. The van der Waals surface area contributed by atoms with Crippen molar-refractivity contribution in [3.05, 3.63) is 57.0 Å². The Morgan fingerprint density at radius 1 is 1.37 bits per heavy atom. The molecule has 19 heavy (non-hydrogen) atoms. The van der Waals surface area contributed by atoms with E-state index < -0.39 is 11.4 Å². The van der Waals surface area contributed by atoms with E-state index in [0.29, 0.717) is 22.8 Å². The third-order valence-electron chi connectivity index (χ3n) is 2.69. The van der Waals surface area contributed by atoms with Crippen LogP contribution in [0.4, 0.5) is 0 Å². The summed E-state index contributed by atoms with van der Waals surface area (Å²) in [6.07, 6.45) is 1.31. The Hall–Kier alpha value is -2.14. The summed E-state index contributed by atoms with van der Waals surface area (Å²) in [7, 11) is 0. The first kappa shape index (κ1) is 13.3. The van der Waals surface area contributed by atoms with E-state index in [2.05, 4.69) is 5.10 Å². The van der Waals surface area contributed by atoms with Crippen LogP contribution in [0.2, 0.25) is 5.02 Å². The van der Waals surface area contributed by atoms with Crippen molar-refractivity contribution >= 4 is 17.6 Å². The number of carboxylic acid groups (broad SMARTS) is 1. The van der Waals surface area contributed by atoms with Gasteiger partial charge in [-0.15, -0.1) is 0 Å². The zero-order chi connectivity index (χ0) is 14.0. The lowest BCUT2D eigenvalue weighted by atomic mass is 10.1. The van der Waals surface area contributed by atoms with E-state index in [-0.39, 0.29) is 5.56 Å². The van der Waals surface area contributed by atoms with E-state index in [4.69, 9.17) is 11.6 Å². The predicted molar refractivity (Wildman–Crippen MR) is 68.6 cm³/mol. The average molecular weight is 278 g/mol. The fourth-order valence-electron chi connectivity index (χ4n) is 1.84. The summed E-state index contributed by atoms with van der Waals surface area (Å²) in [5, 5.41) is 15.6. The highest BCUT2D eigenvalue weighted by Gasteiger charge is 2.12. The first-order valence-electron chi connectivity index (χ1n) is 5.63. The van der Waals surface area contributed by atoms with E-state index in [1.165, 1.54) is 4.68 Å². The summed E-state index contributed by atoms with van der Waals surface area (Å²) in [4.78, 5) is 22.6. The second-order valence-electron chi connectivity index (χ2n) is 3.86. The molecular weight excluding hydrogens is 268 g/mol. The maximum Gasteiger partial charge on any atom is 0.209 e. The molecule has 0 atom stereocenters. The molecule has 0 saturated heterocycles. The Bertz CT molecular complexity index is 677. The van der Waals surface area contributed by atoms with Gasteiger partial charge < -0.3 is 9.90 Å². The zero-order valence-corrected chi connectivity index (χ0v) is 10.8. The normalized spacial score (nSPS) is 10.4. The molecule has 0 aliphatic heterocycles. The quantitative estimate of drug-likeness (QED) is 0.832. The van der Waals surface area contributed by atoms with Crippen LogP contribution >= 0.6 is 11.6 Å². The van der Waals surface area contributed by atoms with Crippen molar-refractivity contribution in [1.82, 2.24) is 9.78 Å². The lowest BCUT2D eigenvalue weighted by Crippen LogP contribution is -2.33. The standard InChI is InChI=1S/C13H11ClN2O3/c1-2-10-12(13(18)19)11(17)7-15-16(10)9-5-3-8(14)4-6-9/h3-7H,2H2,1H3,(H,18,19)/p-1. The molecule has 0 aliphatic carbocycles. The van der Waals surface area contributed by atoms with E-state index in [0.717, 1.165) is 6.20 Å². The van der Waals surface area contributed by atoms with Crippen LogP contribution in [0.5, 0.6) is 0 Å². The van der Waals surface area contributed by atoms with E-state index >= 15 is 0 Å². The van der Waals surface area contributed by atoms with Gasteiger partial charge in [0.25, 0.3) is 0 Å². The molecule has 98 valence electrons. The molecule has 2 rings (SSSR count). The molecule has 0 unspecified atom stereocenters. The largest absolute Gasteiger partial charge is 0.545 e. The van der Waals surface area contributed by atoms with Crippen LogP contribution in [0.15, 0.2) is 35.3 Å². The molecule has 0 spiro atoms. The SMILES string of the molecule is CCc1c(C(=O)[O-])c(=O)cnn1-c1ccc(Cl)cc1. The highest BCUT2D eigenvalue weighted by molar-refractivity contribution is 6.30. The summed E-state index contributed by atoms with van der Waals surface area (Å²) in [6, 6.07) is 6.71. The first-order valence-corrected chi connectivity index (χ1v) is 6.01. The third-order valence-corrected chi connectivity index (χ3v) is 2.94. The van der Waals surface area contributed by atoms with Crippen LogP contribution in [-0.4, -0.2) is 15.7 Å². The summed E-state index contributed by atoms with van der Waals surface area (Å²) in [5.41, 5.74) is -0.0758. The maximum absolute atomic E-state index is 11.6. The Balaban J connectivity index is 2.71. The number of carbonyl (C=O) groups excluding carboxylic acids is 1. The summed E-state index contributed by atoms with van der Waals surface area (Å²) < 4.78 is 1.41. The number of hydrogen-bond acceptors (Lipinski definition) is 4. The second kappa shape index (κ2) is 5.24. The van der Waals surface area contributed by atoms with Crippen molar-refractivity contribution in [2.75, 3.05) is 0 Å². The number of hydrogen-bond donors (Lipinski definition) is 0. The lowest BCUT2D eigenvalue weighted by Gasteiger charge is -2.15. The van der Waals surface area contributed by atoms with Gasteiger partial charge in [-0.3, -0.25) is 4.79 Å². The molecule has 1 aromatic carbocycles. The van der Waals surface area contributed by atoms with Crippen molar-refractivity contribution in [3.8, 4) is 5.69 Å². The third kappa shape index (κ3) is 2.51. The van der Waals surface area contributed by atoms with Crippen molar-refractivity contribution in [1.29, 1.82) is 0 Å². The lowest BCUT2D eigenvalue weighted by molar-refractivity contribution is -0.255. The number of carboxylic acids is 1. The molecular formula is C13H10ClN2O3-. The second-order valence-corrected chi connectivity index (χ2v) is 4.30.